The summed E-state index contributed by atoms with van der Waals surface area (Å²) in [6, 6.07) is 4.90. The second kappa shape index (κ2) is 5.51. The molecule has 1 saturated heterocycles. The van der Waals surface area contributed by atoms with Crippen LogP contribution in [-0.2, 0) is 4.79 Å². The lowest BCUT2D eigenvalue weighted by Crippen LogP contribution is -2.23. The Balaban J connectivity index is 1.71. The molecule has 0 aromatic carbocycles. The normalized spacial score (nSPS) is 18.0. The van der Waals surface area contributed by atoms with Gasteiger partial charge < -0.3 is 10.2 Å². The molecule has 21 heavy (non-hydrogen) atoms. The minimum absolute atomic E-state index is 0.147. The Labute approximate surface area is 121 Å². The van der Waals surface area contributed by atoms with Gasteiger partial charge in [0.15, 0.2) is 17.5 Å². The quantitative estimate of drug-likeness (QED) is 0.936. The number of nitrogens with zero attached hydrogens (tertiary/aromatic N) is 4. The summed E-state index contributed by atoms with van der Waals surface area (Å²) in [6.45, 7) is 2.82. The molecule has 2 aromatic rings. The van der Waals surface area contributed by atoms with E-state index in [1.165, 1.54) is 13.0 Å². The van der Waals surface area contributed by atoms with Crippen LogP contribution in [-0.4, -0.2) is 33.8 Å². The molecule has 0 saturated carbocycles. The maximum absolute atomic E-state index is 13.7. The maximum atomic E-state index is 13.7. The van der Waals surface area contributed by atoms with Crippen LogP contribution in [0.15, 0.2) is 30.6 Å². The molecule has 1 N–H and O–H groups in total. The molecule has 1 atom stereocenters. The van der Waals surface area contributed by atoms with Crippen molar-refractivity contribution in [3.8, 4) is 0 Å². The molecule has 1 fully saturated rings. The first-order chi connectivity index (χ1) is 10.1. The Morgan fingerprint density at radius 1 is 1.48 bits per heavy atom. The van der Waals surface area contributed by atoms with Gasteiger partial charge in [-0.05, 0) is 18.6 Å². The molecular formula is C14H16FN5O. The summed E-state index contributed by atoms with van der Waals surface area (Å²) in [4.78, 5) is 17.0. The maximum Gasteiger partial charge on any atom is 0.222 e. The third kappa shape index (κ3) is 2.86. The summed E-state index contributed by atoms with van der Waals surface area (Å²) in [7, 11) is 0. The van der Waals surface area contributed by atoms with Gasteiger partial charge in [-0.15, -0.1) is 0 Å². The lowest BCUT2D eigenvalue weighted by Gasteiger charge is -2.17. The van der Waals surface area contributed by atoms with Crippen LogP contribution in [0.1, 0.15) is 19.4 Å². The van der Waals surface area contributed by atoms with Gasteiger partial charge in [0, 0.05) is 38.5 Å². The SMILES string of the molecule is CC(=O)Nc1ccn(C2CCN(c3ncccc3F)C2)n1. The van der Waals surface area contributed by atoms with E-state index in [4.69, 9.17) is 0 Å². The van der Waals surface area contributed by atoms with E-state index in [1.54, 1.807) is 18.3 Å². The second-order valence-electron chi connectivity index (χ2n) is 5.06. The number of halogens is 1. The lowest BCUT2D eigenvalue weighted by atomic mass is 10.3. The topological polar surface area (TPSA) is 63.1 Å². The van der Waals surface area contributed by atoms with Gasteiger partial charge in [0.25, 0.3) is 0 Å². The van der Waals surface area contributed by atoms with Crippen molar-refractivity contribution in [1.29, 1.82) is 0 Å². The van der Waals surface area contributed by atoms with Crippen LogP contribution >= 0.6 is 0 Å². The standard InChI is InChI=1S/C14H16FN5O/c1-10(21)17-13-5-8-20(18-13)11-4-7-19(9-11)14-12(15)3-2-6-16-14/h2-3,5-6,8,11H,4,7,9H2,1H3,(H,17,18,21). The molecule has 0 spiro atoms. The molecule has 0 radical (unpaired) electrons. The molecule has 1 unspecified atom stereocenters. The average molecular weight is 289 g/mol. The Morgan fingerprint density at radius 3 is 3.10 bits per heavy atom. The van der Waals surface area contributed by atoms with Gasteiger partial charge >= 0.3 is 0 Å². The van der Waals surface area contributed by atoms with Gasteiger partial charge in [-0.3, -0.25) is 9.48 Å². The number of hydrogen-bond donors (Lipinski definition) is 1. The van der Waals surface area contributed by atoms with E-state index >= 15 is 0 Å². The largest absolute Gasteiger partial charge is 0.352 e. The summed E-state index contributed by atoms with van der Waals surface area (Å²) >= 11 is 0. The zero-order valence-electron chi connectivity index (χ0n) is 11.7. The van der Waals surface area contributed by atoms with Gasteiger partial charge in [0.05, 0.1) is 6.04 Å². The number of carbonyl (C=O) groups is 1. The molecular weight excluding hydrogens is 273 g/mol. The monoisotopic (exact) mass is 289 g/mol. The minimum Gasteiger partial charge on any atom is -0.352 e. The fraction of sp³-hybridized carbons (Fsp3) is 0.357. The summed E-state index contributed by atoms with van der Waals surface area (Å²) in [5.74, 6) is 0.459. The minimum atomic E-state index is -0.308. The number of carbonyl (C=O) groups excluding carboxylic acids is 1. The van der Waals surface area contributed by atoms with E-state index in [1.807, 2.05) is 15.8 Å². The molecule has 3 heterocycles. The molecule has 0 bridgehead atoms. The average Bonchev–Trinajstić information content (AvgIpc) is 3.07. The molecule has 3 rings (SSSR count). The van der Waals surface area contributed by atoms with E-state index in [9.17, 15) is 9.18 Å². The Morgan fingerprint density at radius 2 is 2.33 bits per heavy atom. The third-order valence-electron chi connectivity index (χ3n) is 3.49. The van der Waals surface area contributed by atoms with Crippen molar-refractivity contribution in [2.24, 2.45) is 0 Å². The molecule has 110 valence electrons. The molecule has 0 aliphatic carbocycles. The molecule has 6 nitrogen and oxygen atoms in total. The smallest absolute Gasteiger partial charge is 0.222 e. The number of rotatable bonds is 3. The Kier molecular flexibility index (Phi) is 3.55. The van der Waals surface area contributed by atoms with Crippen molar-refractivity contribution in [1.82, 2.24) is 14.8 Å². The molecule has 7 heteroatoms. The van der Waals surface area contributed by atoms with Crippen LogP contribution in [0.2, 0.25) is 0 Å². The summed E-state index contributed by atoms with van der Waals surface area (Å²) in [5.41, 5.74) is 0. The summed E-state index contributed by atoms with van der Waals surface area (Å²) in [6.07, 6.45) is 4.28. The first-order valence-corrected chi connectivity index (χ1v) is 6.81. The van der Waals surface area contributed by atoms with Crippen LogP contribution in [0.4, 0.5) is 16.0 Å². The van der Waals surface area contributed by atoms with Crippen molar-refractivity contribution >= 4 is 17.5 Å². The van der Waals surface area contributed by atoms with Crippen molar-refractivity contribution in [3.63, 3.8) is 0 Å². The molecule has 2 aromatic heterocycles. The van der Waals surface area contributed by atoms with Crippen molar-refractivity contribution < 1.29 is 9.18 Å². The van der Waals surface area contributed by atoms with E-state index < -0.39 is 0 Å². The van der Waals surface area contributed by atoms with Gasteiger partial charge in [0.1, 0.15) is 0 Å². The second-order valence-corrected chi connectivity index (χ2v) is 5.06. The van der Waals surface area contributed by atoms with Gasteiger partial charge in [-0.1, -0.05) is 0 Å². The number of amides is 1. The first kappa shape index (κ1) is 13.5. The van der Waals surface area contributed by atoms with Crippen molar-refractivity contribution in [2.45, 2.75) is 19.4 Å². The van der Waals surface area contributed by atoms with Crippen LogP contribution in [0.5, 0.6) is 0 Å². The number of nitrogens with one attached hydrogen (secondary N) is 1. The fourth-order valence-electron chi connectivity index (χ4n) is 2.55. The first-order valence-electron chi connectivity index (χ1n) is 6.81. The van der Waals surface area contributed by atoms with E-state index in [2.05, 4.69) is 15.4 Å². The highest BCUT2D eigenvalue weighted by atomic mass is 19.1. The number of aromatic nitrogens is 3. The van der Waals surface area contributed by atoms with E-state index in [-0.39, 0.29) is 17.8 Å². The third-order valence-corrected chi connectivity index (χ3v) is 3.49. The van der Waals surface area contributed by atoms with Crippen LogP contribution in [0.3, 0.4) is 0 Å². The number of anilines is 2. The van der Waals surface area contributed by atoms with Crippen LogP contribution < -0.4 is 10.2 Å². The van der Waals surface area contributed by atoms with Gasteiger partial charge in [-0.25, -0.2) is 9.37 Å². The molecule has 1 aliphatic rings. The van der Waals surface area contributed by atoms with Crippen molar-refractivity contribution in [2.75, 3.05) is 23.3 Å². The Bertz CT molecular complexity index is 656. The van der Waals surface area contributed by atoms with E-state index in [0.29, 0.717) is 18.2 Å². The lowest BCUT2D eigenvalue weighted by molar-refractivity contribution is -0.114. The fourth-order valence-corrected chi connectivity index (χ4v) is 2.55. The zero-order chi connectivity index (χ0) is 14.8. The van der Waals surface area contributed by atoms with Gasteiger partial charge in [-0.2, -0.15) is 5.10 Å². The van der Waals surface area contributed by atoms with Crippen LogP contribution in [0, 0.1) is 5.82 Å². The highest BCUT2D eigenvalue weighted by molar-refractivity contribution is 5.87. The highest BCUT2D eigenvalue weighted by Crippen LogP contribution is 2.27. The predicted octanol–water partition coefficient (Wildman–Crippen LogP) is 1.83. The Hall–Kier alpha value is -2.44. The molecule has 1 amide bonds. The van der Waals surface area contributed by atoms with Crippen LogP contribution in [0.25, 0.3) is 0 Å². The highest BCUT2D eigenvalue weighted by Gasteiger charge is 2.27. The molecule has 1 aliphatic heterocycles. The summed E-state index contributed by atoms with van der Waals surface area (Å²) < 4.78 is 15.6. The van der Waals surface area contributed by atoms with Gasteiger partial charge in [0.2, 0.25) is 5.91 Å². The number of pyridine rings is 1. The van der Waals surface area contributed by atoms with Crippen molar-refractivity contribution in [3.05, 3.63) is 36.4 Å². The predicted molar refractivity (Wildman–Crippen MR) is 76.6 cm³/mol. The zero-order valence-corrected chi connectivity index (χ0v) is 11.7. The van der Waals surface area contributed by atoms with E-state index in [0.717, 1.165) is 13.0 Å². The summed E-state index contributed by atoms with van der Waals surface area (Å²) in [5, 5.41) is 6.97. The number of hydrogen-bond acceptors (Lipinski definition) is 4.